The Morgan fingerprint density at radius 2 is 2.42 bits per heavy atom. The van der Waals surface area contributed by atoms with E-state index in [1.54, 1.807) is 6.20 Å². The molecule has 12 heavy (non-hydrogen) atoms. The Morgan fingerprint density at radius 3 is 2.92 bits per heavy atom. The molecule has 2 aromatic rings. The Balaban J connectivity index is 0.000000720. The molecule has 0 aliphatic rings. The van der Waals surface area contributed by atoms with Crippen molar-refractivity contribution >= 4 is 11.5 Å². The second-order valence-electron chi connectivity index (χ2n) is 2.20. The van der Waals surface area contributed by atoms with Gasteiger partial charge in [-0.2, -0.15) is 0 Å². The van der Waals surface area contributed by atoms with Gasteiger partial charge in [-0.05, 0) is 7.05 Å². The van der Waals surface area contributed by atoms with Gasteiger partial charge in [0, 0.05) is 38.3 Å². The summed E-state index contributed by atoms with van der Waals surface area (Å²) in [7, 11) is 1.95. The molecular formula is C7H6IrN3S-. The van der Waals surface area contributed by atoms with Gasteiger partial charge in [0.2, 0.25) is 0 Å². The minimum absolute atomic E-state index is 0. The fraction of sp³-hybridized carbons (Fsp3) is 0.143. The van der Waals surface area contributed by atoms with E-state index in [0.717, 1.165) is 11.4 Å². The number of rotatable bonds is 1. The maximum atomic E-state index is 4.16. The Kier molecular flexibility index (Phi) is 3.14. The van der Waals surface area contributed by atoms with Crippen LogP contribution in [0.2, 0.25) is 0 Å². The summed E-state index contributed by atoms with van der Waals surface area (Å²) in [5.41, 5.74) is 0.961. The van der Waals surface area contributed by atoms with E-state index in [0.29, 0.717) is 0 Å². The molecule has 3 nitrogen and oxygen atoms in total. The average molecular weight is 356 g/mol. The van der Waals surface area contributed by atoms with E-state index in [2.05, 4.69) is 15.6 Å². The van der Waals surface area contributed by atoms with Crippen LogP contribution in [-0.4, -0.2) is 13.9 Å². The largest absolute Gasteiger partial charge is 0.387 e. The Hall–Kier alpha value is -0.511. The van der Waals surface area contributed by atoms with Crippen molar-refractivity contribution < 1.29 is 20.1 Å². The van der Waals surface area contributed by atoms with Gasteiger partial charge in [0.1, 0.15) is 0 Å². The predicted octanol–water partition coefficient (Wildman–Crippen LogP) is 1.34. The molecule has 5 heteroatoms. The molecule has 0 spiro atoms. The van der Waals surface area contributed by atoms with E-state index in [-0.39, 0.29) is 20.1 Å². The van der Waals surface area contributed by atoms with Crippen molar-refractivity contribution in [2.45, 2.75) is 0 Å². The van der Waals surface area contributed by atoms with E-state index in [9.17, 15) is 0 Å². The predicted molar refractivity (Wildman–Crippen MR) is 43.2 cm³/mol. The van der Waals surface area contributed by atoms with Crippen LogP contribution in [0.3, 0.4) is 0 Å². The van der Waals surface area contributed by atoms with Crippen molar-refractivity contribution in [2.24, 2.45) is 7.05 Å². The molecule has 0 unspecified atom stereocenters. The molecule has 0 saturated heterocycles. The first-order chi connectivity index (χ1) is 5.38. The number of aryl methyl sites for hydroxylation is 1. The molecule has 65 valence electrons. The first-order valence-corrected chi connectivity index (χ1v) is 4.01. The van der Waals surface area contributed by atoms with Crippen LogP contribution in [0.15, 0.2) is 17.8 Å². The molecule has 0 fully saturated rings. The van der Waals surface area contributed by atoms with Crippen molar-refractivity contribution in [3.63, 3.8) is 0 Å². The molecule has 0 N–H and O–H groups in total. The van der Waals surface area contributed by atoms with Gasteiger partial charge in [-0.25, -0.2) is 0 Å². The van der Waals surface area contributed by atoms with Gasteiger partial charge in [0.05, 0.1) is 0 Å². The molecule has 2 aromatic heterocycles. The van der Waals surface area contributed by atoms with Crippen LogP contribution < -0.4 is 0 Å². The first kappa shape index (κ1) is 9.58. The van der Waals surface area contributed by atoms with E-state index >= 15 is 0 Å². The minimum atomic E-state index is 0. The number of nitrogens with zero attached hydrogens (tertiary/aromatic N) is 3. The molecular weight excluding hydrogens is 350 g/mol. The molecule has 0 aliphatic heterocycles. The molecule has 2 heterocycles. The summed E-state index contributed by atoms with van der Waals surface area (Å²) in [6, 6.07) is 0. The van der Waals surface area contributed by atoms with Gasteiger partial charge in [-0.1, -0.05) is 11.6 Å². The molecule has 2 rings (SSSR count). The maximum absolute atomic E-state index is 4.16. The van der Waals surface area contributed by atoms with E-state index < -0.39 is 0 Å². The van der Waals surface area contributed by atoms with Crippen LogP contribution >= 0.6 is 11.5 Å². The number of hydrogen-bond acceptors (Lipinski definition) is 3. The van der Waals surface area contributed by atoms with E-state index in [4.69, 9.17) is 0 Å². The van der Waals surface area contributed by atoms with Gasteiger partial charge >= 0.3 is 0 Å². The summed E-state index contributed by atoms with van der Waals surface area (Å²) >= 11 is 1.39. The molecule has 0 bridgehead atoms. The van der Waals surface area contributed by atoms with Crippen LogP contribution in [0.1, 0.15) is 0 Å². The van der Waals surface area contributed by atoms with Gasteiger partial charge in [0.25, 0.3) is 0 Å². The van der Waals surface area contributed by atoms with Crippen LogP contribution in [0.4, 0.5) is 0 Å². The zero-order valence-corrected chi connectivity index (χ0v) is 9.53. The molecule has 1 radical (unpaired) electrons. The third kappa shape index (κ3) is 1.63. The maximum Gasteiger partial charge on any atom is 0.0295 e. The quantitative estimate of drug-likeness (QED) is 0.722. The Bertz CT molecular complexity index is 341. The number of hydrogen-bond donors (Lipinski definition) is 0. The number of aromatic nitrogens is 3. The normalized spacial score (nSPS) is 9.42. The Labute approximate surface area is 88.0 Å². The monoisotopic (exact) mass is 357 g/mol. The topological polar surface area (TPSA) is 30.7 Å². The SMILES string of the molecule is Cn1ccnc1-c1[c-]nsc1.[Ir]. The van der Waals surface area contributed by atoms with E-state index in [1.165, 1.54) is 11.5 Å². The van der Waals surface area contributed by atoms with Crippen molar-refractivity contribution in [3.8, 4) is 11.4 Å². The zero-order valence-electron chi connectivity index (χ0n) is 6.32. The zero-order chi connectivity index (χ0) is 7.68. The second-order valence-corrected chi connectivity index (χ2v) is 2.83. The van der Waals surface area contributed by atoms with E-state index in [1.807, 2.05) is 23.2 Å². The summed E-state index contributed by atoms with van der Waals surface area (Å²) < 4.78 is 5.83. The van der Waals surface area contributed by atoms with Crippen molar-refractivity contribution in [2.75, 3.05) is 0 Å². The third-order valence-electron chi connectivity index (χ3n) is 1.45. The average Bonchev–Trinajstić information content (AvgIpc) is 2.55. The van der Waals surface area contributed by atoms with Crippen LogP contribution in [0.25, 0.3) is 11.4 Å². The van der Waals surface area contributed by atoms with Crippen LogP contribution in [0.5, 0.6) is 0 Å². The first-order valence-electron chi connectivity index (χ1n) is 3.17. The van der Waals surface area contributed by atoms with Crippen LogP contribution in [-0.2, 0) is 27.2 Å². The molecule has 0 amide bonds. The molecule has 0 aromatic carbocycles. The third-order valence-corrected chi connectivity index (χ3v) is 1.99. The fourth-order valence-electron chi connectivity index (χ4n) is 0.909. The summed E-state index contributed by atoms with van der Waals surface area (Å²) in [6.07, 6.45) is 6.53. The van der Waals surface area contributed by atoms with Crippen molar-refractivity contribution in [3.05, 3.63) is 24.0 Å². The second kappa shape index (κ2) is 3.94. The summed E-state index contributed by atoms with van der Waals surface area (Å²) in [5, 5.41) is 1.93. The molecule has 0 saturated carbocycles. The number of imidazole rings is 1. The van der Waals surface area contributed by atoms with Crippen molar-refractivity contribution in [1.82, 2.24) is 13.9 Å². The fourth-order valence-corrected chi connectivity index (χ4v) is 1.38. The van der Waals surface area contributed by atoms with Gasteiger partial charge < -0.3 is 9.55 Å². The van der Waals surface area contributed by atoms with Crippen LogP contribution in [0, 0.1) is 6.20 Å². The smallest absolute Gasteiger partial charge is 0.0295 e. The molecule has 0 aliphatic carbocycles. The molecule has 0 atom stereocenters. The van der Waals surface area contributed by atoms with Crippen molar-refractivity contribution in [1.29, 1.82) is 0 Å². The van der Waals surface area contributed by atoms with Gasteiger partial charge in [0.15, 0.2) is 0 Å². The van der Waals surface area contributed by atoms with Gasteiger partial charge in [-0.15, -0.1) is 17.1 Å². The standard InChI is InChI=1S/C7H6N3S.Ir/c1-10-3-2-8-7(10)6-4-9-11-5-6;/h2-3,5H,1H3;/q-1;. The summed E-state index contributed by atoms with van der Waals surface area (Å²) in [6.45, 7) is 0. The summed E-state index contributed by atoms with van der Waals surface area (Å²) in [5.74, 6) is 0.916. The summed E-state index contributed by atoms with van der Waals surface area (Å²) in [4.78, 5) is 4.16. The Morgan fingerprint density at radius 1 is 1.58 bits per heavy atom. The minimum Gasteiger partial charge on any atom is -0.387 e. The van der Waals surface area contributed by atoms with Gasteiger partial charge in [-0.3, -0.25) is 4.37 Å².